The molecule has 200 valence electrons. The van der Waals surface area contributed by atoms with E-state index >= 15 is 0 Å². The van der Waals surface area contributed by atoms with Crippen LogP contribution in [0.2, 0.25) is 0 Å². The van der Waals surface area contributed by atoms with E-state index in [0.717, 1.165) is 26.3 Å². The first-order valence-corrected chi connectivity index (χ1v) is 13.8. The van der Waals surface area contributed by atoms with Crippen LogP contribution >= 0.6 is 0 Å². The molecule has 1 aliphatic heterocycles. The topological polar surface area (TPSA) is 12.5 Å². The highest BCUT2D eigenvalue weighted by molar-refractivity contribution is 5.62. The van der Waals surface area contributed by atoms with E-state index in [9.17, 15) is 0 Å². The predicted octanol–water partition coefficient (Wildman–Crippen LogP) is 9.95. The molecule has 0 unspecified atom stereocenters. The van der Waals surface area contributed by atoms with Crippen molar-refractivity contribution >= 4 is 5.69 Å². The Morgan fingerprint density at radius 1 is 0.459 bits per heavy atom. The van der Waals surface area contributed by atoms with E-state index in [-0.39, 0.29) is 0 Å². The molecule has 0 atom stereocenters. The molecule has 0 aliphatic carbocycles. The highest BCUT2D eigenvalue weighted by Gasteiger charge is 2.09. The first-order chi connectivity index (χ1) is 18.3. The maximum Gasteiger partial charge on any atom is 0.0642 e. The zero-order chi connectivity index (χ0) is 27.6. The molecule has 2 nitrogen and oxygen atoms in total. The summed E-state index contributed by atoms with van der Waals surface area (Å²) in [7, 11) is 0. The lowest BCUT2D eigenvalue weighted by Gasteiger charge is -2.28. The van der Waals surface area contributed by atoms with E-state index in [4.69, 9.17) is 4.74 Å². The second kappa shape index (κ2) is 24.3. The molecule has 1 aliphatic rings. The number of hydrogen-bond acceptors (Lipinski definition) is 2. The molecule has 4 aromatic rings. The number of aryl methyl sites for hydroxylation is 1. The molecule has 1 heterocycles. The molecule has 1 saturated heterocycles. The Morgan fingerprint density at radius 2 is 0.784 bits per heavy atom. The minimum Gasteiger partial charge on any atom is -0.378 e. The second-order valence-electron chi connectivity index (χ2n) is 7.32. The SMILES string of the molecule is CC.CC.CC.Cc1ccccc1.c1ccc(-c2ccccc2)cc1.c1ccc(N2CCOCC2)cc1. The van der Waals surface area contributed by atoms with E-state index in [0.29, 0.717) is 0 Å². The molecule has 0 saturated carbocycles. The van der Waals surface area contributed by atoms with Crippen LogP contribution in [0, 0.1) is 6.92 Å². The highest BCUT2D eigenvalue weighted by Crippen LogP contribution is 2.17. The molecular weight excluding hydrogens is 450 g/mol. The average Bonchev–Trinajstić information content (AvgIpc) is 3.03. The van der Waals surface area contributed by atoms with Crippen LogP contribution in [-0.2, 0) is 4.74 Å². The standard InChI is InChI=1S/C12H10.C10H13NO.C7H8.3C2H6/c1-3-7-11(8-4-1)12-9-5-2-6-10-12;1-2-4-10(5-3-1)11-6-8-12-9-7-11;1-7-5-3-2-4-6-7;3*1-2/h1-10H;1-5H,6-9H2;2-6H,1H3;3*1-2H3. The number of anilines is 1. The summed E-state index contributed by atoms with van der Waals surface area (Å²) in [6, 6.07) is 41.5. The lowest BCUT2D eigenvalue weighted by Crippen LogP contribution is -2.36. The van der Waals surface area contributed by atoms with Crippen LogP contribution in [0.1, 0.15) is 47.1 Å². The summed E-state index contributed by atoms with van der Waals surface area (Å²) >= 11 is 0. The maximum absolute atomic E-state index is 5.28. The summed E-state index contributed by atoms with van der Waals surface area (Å²) in [4.78, 5) is 2.35. The highest BCUT2D eigenvalue weighted by atomic mass is 16.5. The molecule has 5 rings (SSSR count). The molecule has 0 bridgehead atoms. The summed E-state index contributed by atoms with van der Waals surface area (Å²) in [6.45, 7) is 17.8. The normalized spacial score (nSPS) is 11.1. The fourth-order valence-corrected chi connectivity index (χ4v) is 3.26. The molecule has 37 heavy (non-hydrogen) atoms. The van der Waals surface area contributed by atoms with Gasteiger partial charge in [0.15, 0.2) is 0 Å². The molecule has 0 amide bonds. The first-order valence-electron chi connectivity index (χ1n) is 13.8. The van der Waals surface area contributed by atoms with Crippen LogP contribution in [0.25, 0.3) is 11.1 Å². The van der Waals surface area contributed by atoms with Crippen molar-refractivity contribution < 1.29 is 4.74 Å². The smallest absolute Gasteiger partial charge is 0.0642 e. The minimum atomic E-state index is 0.856. The summed E-state index contributed by atoms with van der Waals surface area (Å²) in [5.74, 6) is 0. The van der Waals surface area contributed by atoms with Crippen molar-refractivity contribution in [1.82, 2.24) is 0 Å². The monoisotopic (exact) mass is 499 g/mol. The van der Waals surface area contributed by atoms with Crippen molar-refractivity contribution in [2.24, 2.45) is 0 Å². The van der Waals surface area contributed by atoms with Crippen LogP contribution in [-0.4, -0.2) is 26.3 Å². The van der Waals surface area contributed by atoms with Crippen LogP contribution in [0.5, 0.6) is 0 Å². The fourth-order valence-electron chi connectivity index (χ4n) is 3.26. The van der Waals surface area contributed by atoms with E-state index in [2.05, 4.69) is 96.8 Å². The van der Waals surface area contributed by atoms with E-state index in [1.165, 1.54) is 22.4 Å². The molecule has 0 radical (unpaired) electrons. The van der Waals surface area contributed by atoms with Gasteiger partial charge >= 0.3 is 0 Å². The van der Waals surface area contributed by atoms with Gasteiger partial charge in [0.25, 0.3) is 0 Å². The quantitative estimate of drug-likeness (QED) is 0.272. The van der Waals surface area contributed by atoms with Crippen molar-refractivity contribution in [1.29, 1.82) is 0 Å². The van der Waals surface area contributed by atoms with Gasteiger partial charge in [0.2, 0.25) is 0 Å². The number of ether oxygens (including phenoxy) is 1. The number of hydrogen-bond donors (Lipinski definition) is 0. The van der Waals surface area contributed by atoms with Gasteiger partial charge in [-0.3, -0.25) is 0 Å². The van der Waals surface area contributed by atoms with Crippen LogP contribution < -0.4 is 4.90 Å². The van der Waals surface area contributed by atoms with Crippen molar-refractivity contribution in [3.05, 3.63) is 127 Å². The van der Waals surface area contributed by atoms with Crippen molar-refractivity contribution in [2.75, 3.05) is 31.2 Å². The third-order valence-corrected chi connectivity index (χ3v) is 4.95. The summed E-state index contributed by atoms with van der Waals surface area (Å²) in [5, 5.41) is 0. The van der Waals surface area contributed by atoms with Gasteiger partial charge in [0.05, 0.1) is 13.2 Å². The Hall–Kier alpha value is -3.36. The van der Waals surface area contributed by atoms with Gasteiger partial charge in [-0.25, -0.2) is 0 Å². The molecule has 0 spiro atoms. The number of rotatable bonds is 2. The Labute approximate surface area is 228 Å². The maximum atomic E-state index is 5.28. The second-order valence-corrected chi connectivity index (χ2v) is 7.32. The van der Waals surface area contributed by atoms with Gasteiger partial charge in [-0.1, -0.05) is 156 Å². The van der Waals surface area contributed by atoms with E-state index in [1.807, 2.05) is 77.9 Å². The third kappa shape index (κ3) is 15.4. The number of benzene rings is 4. The number of nitrogens with zero attached hydrogens (tertiary/aromatic N) is 1. The lowest BCUT2D eigenvalue weighted by atomic mass is 10.1. The first kappa shape index (κ1) is 33.6. The van der Waals surface area contributed by atoms with Gasteiger partial charge in [-0.2, -0.15) is 0 Å². The van der Waals surface area contributed by atoms with E-state index in [1.54, 1.807) is 0 Å². The van der Waals surface area contributed by atoms with Crippen LogP contribution in [0.4, 0.5) is 5.69 Å². The Morgan fingerprint density at radius 3 is 1.11 bits per heavy atom. The van der Waals surface area contributed by atoms with Gasteiger partial charge in [-0.05, 0) is 30.2 Å². The third-order valence-electron chi connectivity index (χ3n) is 4.95. The summed E-state index contributed by atoms with van der Waals surface area (Å²) in [6.07, 6.45) is 0. The van der Waals surface area contributed by atoms with E-state index < -0.39 is 0 Å². The zero-order valence-electron chi connectivity index (χ0n) is 24.2. The molecule has 0 N–H and O–H groups in total. The summed E-state index contributed by atoms with van der Waals surface area (Å²) < 4.78 is 5.28. The molecule has 0 aromatic heterocycles. The lowest BCUT2D eigenvalue weighted by molar-refractivity contribution is 0.122. The molecule has 2 heteroatoms. The minimum absolute atomic E-state index is 0.856. The Bertz CT molecular complexity index is 914. The zero-order valence-corrected chi connectivity index (χ0v) is 24.2. The van der Waals surface area contributed by atoms with Crippen molar-refractivity contribution in [3.8, 4) is 11.1 Å². The van der Waals surface area contributed by atoms with Gasteiger partial charge in [0.1, 0.15) is 0 Å². The van der Waals surface area contributed by atoms with Gasteiger partial charge < -0.3 is 9.64 Å². The summed E-state index contributed by atoms with van der Waals surface area (Å²) in [5.41, 5.74) is 5.18. The Balaban J connectivity index is 0.000000489. The average molecular weight is 500 g/mol. The number of morpholine rings is 1. The largest absolute Gasteiger partial charge is 0.378 e. The van der Waals surface area contributed by atoms with Crippen LogP contribution in [0.15, 0.2) is 121 Å². The predicted molar refractivity (Wildman–Crippen MR) is 167 cm³/mol. The molecule has 1 fully saturated rings. The van der Waals surface area contributed by atoms with Gasteiger partial charge in [0, 0.05) is 18.8 Å². The van der Waals surface area contributed by atoms with Gasteiger partial charge in [-0.15, -0.1) is 0 Å². The fraction of sp³-hybridized carbons (Fsp3) is 0.314. The van der Waals surface area contributed by atoms with Crippen molar-refractivity contribution in [2.45, 2.75) is 48.5 Å². The van der Waals surface area contributed by atoms with Crippen molar-refractivity contribution in [3.63, 3.8) is 0 Å². The van der Waals surface area contributed by atoms with Crippen LogP contribution in [0.3, 0.4) is 0 Å². The number of para-hydroxylation sites is 1. The Kier molecular flexibility index (Phi) is 22.1. The molecular formula is C35H49NO. The molecule has 4 aromatic carbocycles.